The second-order valence-electron chi connectivity index (χ2n) is 3.72. The largest absolute Gasteiger partial charge is 0.476 e. The third-order valence-corrected chi connectivity index (χ3v) is 3.29. The van der Waals surface area contributed by atoms with E-state index in [2.05, 4.69) is 10.1 Å². The van der Waals surface area contributed by atoms with Gasteiger partial charge in [0.2, 0.25) is 0 Å². The Labute approximate surface area is 110 Å². The summed E-state index contributed by atoms with van der Waals surface area (Å²) in [6.45, 7) is 3.70. The van der Waals surface area contributed by atoms with Crippen LogP contribution < -0.4 is 0 Å². The molecule has 0 aliphatic carbocycles. The van der Waals surface area contributed by atoms with Gasteiger partial charge in [-0.2, -0.15) is 0 Å². The van der Waals surface area contributed by atoms with Crippen LogP contribution in [0.5, 0.6) is 0 Å². The summed E-state index contributed by atoms with van der Waals surface area (Å²) in [5, 5.41) is 12.7. The van der Waals surface area contributed by atoms with E-state index in [0.717, 1.165) is 6.26 Å². The van der Waals surface area contributed by atoms with Gasteiger partial charge < -0.3 is 9.94 Å². The molecule has 0 spiro atoms. The molecule has 0 bridgehead atoms. The zero-order valence-electron chi connectivity index (χ0n) is 10.7. The van der Waals surface area contributed by atoms with Crippen molar-refractivity contribution < 1.29 is 23.2 Å². The monoisotopic (exact) mass is 286 g/mol. The Kier molecular flexibility index (Phi) is 4.60. The number of carboxylic acids is 1. The summed E-state index contributed by atoms with van der Waals surface area (Å²) in [6.07, 6.45) is 0.928. The Morgan fingerprint density at radius 2 is 2.11 bits per heavy atom. The van der Waals surface area contributed by atoms with E-state index in [1.165, 1.54) is 12.1 Å². The number of pyridine rings is 1. The van der Waals surface area contributed by atoms with E-state index in [0.29, 0.717) is 12.3 Å². The molecule has 0 unspecified atom stereocenters. The molecule has 0 atom stereocenters. The Balaban J connectivity index is 3.36. The number of aromatic nitrogens is 1. The van der Waals surface area contributed by atoms with Crippen molar-refractivity contribution in [2.75, 3.05) is 12.9 Å². The molecule has 0 aliphatic heterocycles. The van der Waals surface area contributed by atoms with Crippen molar-refractivity contribution in [3.05, 3.63) is 23.5 Å². The summed E-state index contributed by atoms with van der Waals surface area (Å²) in [4.78, 5) is 19.4. The molecule has 0 saturated heterocycles. The van der Waals surface area contributed by atoms with Crippen LogP contribution >= 0.6 is 0 Å². The highest BCUT2D eigenvalue weighted by atomic mass is 32.2. The van der Waals surface area contributed by atoms with Crippen LogP contribution in [0.25, 0.3) is 0 Å². The van der Waals surface area contributed by atoms with Crippen molar-refractivity contribution in [1.82, 2.24) is 4.98 Å². The Hall–Kier alpha value is -1.96. The number of sulfone groups is 1. The van der Waals surface area contributed by atoms with Gasteiger partial charge in [0, 0.05) is 6.26 Å². The number of hydrogen-bond donors (Lipinski definition) is 1. The Morgan fingerprint density at radius 1 is 1.47 bits per heavy atom. The lowest BCUT2D eigenvalue weighted by molar-refractivity contribution is 0.0685. The minimum absolute atomic E-state index is 0.248. The second kappa shape index (κ2) is 5.79. The lowest BCUT2D eigenvalue weighted by Crippen LogP contribution is -2.13. The maximum atomic E-state index is 11.5. The van der Waals surface area contributed by atoms with Crippen LogP contribution in [0.15, 0.2) is 22.2 Å². The van der Waals surface area contributed by atoms with E-state index in [9.17, 15) is 13.2 Å². The standard InChI is InChI=1S/C11H14N2O5S/c1-4-18-13-7(2)8-5-6-9(19(3,16)17)10(12-8)11(14)15/h5-6H,4H2,1-3H3,(H,14,15). The lowest BCUT2D eigenvalue weighted by atomic mass is 10.2. The van der Waals surface area contributed by atoms with E-state index >= 15 is 0 Å². The van der Waals surface area contributed by atoms with Gasteiger partial charge in [-0.15, -0.1) is 0 Å². The molecule has 0 aromatic carbocycles. The van der Waals surface area contributed by atoms with E-state index in [4.69, 9.17) is 9.94 Å². The molecule has 1 N–H and O–H groups in total. The van der Waals surface area contributed by atoms with Gasteiger partial charge in [0.15, 0.2) is 15.5 Å². The third kappa shape index (κ3) is 3.75. The van der Waals surface area contributed by atoms with Gasteiger partial charge in [0.25, 0.3) is 0 Å². The molecule has 19 heavy (non-hydrogen) atoms. The van der Waals surface area contributed by atoms with Gasteiger partial charge in [-0.1, -0.05) is 5.16 Å². The molecule has 8 heteroatoms. The number of oxime groups is 1. The van der Waals surface area contributed by atoms with E-state index in [1.807, 2.05) is 0 Å². The minimum Gasteiger partial charge on any atom is -0.476 e. The van der Waals surface area contributed by atoms with Gasteiger partial charge in [-0.05, 0) is 26.0 Å². The first-order valence-corrected chi connectivity index (χ1v) is 7.27. The molecule has 104 valence electrons. The van der Waals surface area contributed by atoms with Crippen LogP contribution in [0, 0.1) is 0 Å². The average molecular weight is 286 g/mol. The minimum atomic E-state index is -3.65. The van der Waals surface area contributed by atoms with Crippen LogP contribution in [-0.2, 0) is 14.7 Å². The zero-order valence-corrected chi connectivity index (χ0v) is 11.6. The van der Waals surface area contributed by atoms with Crippen LogP contribution in [0.3, 0.4) is 0 Å². The number of nitrogens with zero attached hydrogens (tertiary/aromatic N) is 2. The van der Waals surface area contributed by atoms with Crippen LogP contribution in [0.4, 0.5) is 0 Å². The van der Waals surface area contributed by atoms with Crippen LogP contribution in [0.2, 0.25) is 0 Å². The van der Waals surface area contributed by atoms with Crippen molar-refractivity contribution in [2.45, 2.75) is 18.7 Å². The normalized spacial score (nSPS) is 12.3. The number of carboxylic acid groups (broad SMARTS) is 1. The Morgan fingerprint density at radius 3 is 2.58 bits per heavy atom. The van der Waals surface area contributed by atoms with Crippen LogP contribution in [-0.4, -0.2) is 43.1 Å². The third-order valence-electron chi connectivity index (χ3n) is 2.16. The second-order valence-corrected chi connectivity index (χ2v) is 5.70. The van der Waals surface area contributed by atoms with E-state index in [-0.39, 0.29) is 10.6 Å². The summed E-state index contributed by atoms with van der Waals surface area (Å²) < 4.78 is 22.9. The summed E-state index contributed by atoms with van der Waals surface area (Å²) in [5.41, 5.74) is 0.0914. The summed E-state index contributed by atoms with van der Waals surface area (Å²) in [7, 11) is -3.65. The number of rotatable bonds is 5. The van der Waals surface area contributed by atoms with E-state index in [1.54, 1.807) is 13.8 Å². The van der Waals surface area contributed by atoms with Gasteiger partial charge in [0.1, 0.15) is 12.3 Å². The maximum Gasteiger partial charge on any atom is 0.355 e. The lowest BCUT2D eigenvalue weighted by Gasteiger charge is -2.06. The molecular weight excluding hydrogens is 272 g/mol. The first-order valence-electron chi connectivity index (χ1n) is 5.38. The highest BCUT2D eigenvalue weighted by molar-refractivity contribution is 7.90. The molecule has 0 saturated carbocycles. The first-order chi connectivity index (χ1) is 8.77. The highest BCUT2D eigenvalue weighted by Crippen LogP contribution is 2.15. The molecule has 0 amide bonds. The zero-order chi connectivity index (χ0) is 14.6. The fourth-order valence-corrected chi connectivity index (χ4v) is 2.11. The van der Waals surface area contributed by atoms with Gasteiger partial charge in [0.05, 0.1) is 10.6 Å². The molecule has 0 aliphatic rings. The highest BCUT2D eigenvalue weighted by Gasteiger charge is 2.21. The van der Waals surface area contributed by atoms with Crippen molar-refractivity contribution in [1.29, 1.82) is 0 Å². The van der Waals surface area contributed by atoms with Gasteiger partial charge >= 0.3 is 5.97 Å². The summed E-state index contributed by atoms with van der Waals surface area (Å²) in [5.74, 6) is -1.41. The average Bonchev–Trinajstić information content (AvgIpc) is 2.34. The molecule has 7 nitrogen and oxygen atoms in total. The maximum absolute atomic E-state index is 11.5. The quantitative estimate of drug-likeness (QED) is 0.638. The topological polar surface area (TPSA) is 106 Å². The smallest absolute Gasteiger partial charge is 0.355 e. The molecule has 1 aromatic heterocycles. The van der Waals surface area contributed by atoms with E-state index < -0.39 is 21.5 Å². The van der Waals surface area contributed by atoms with Gasteiger partial charge in [-0.3, -0.25) is 0 Å². The molecule has 1 aromatic rings. The SMILES string of the molecule is CCON=C(C)c1ccc(S(C)(=O)=O)c(C(=O)O)n1. The first kappa shape index (κ1) is 15.1. The van der Waals surface area contributed by atoms with Crippen molar-refractivity contribution in [3.63, 3.8) is 0 Å². The predicted molar refractivity (Wildman–Crippen MR) is 68.1 cm³/mol. The van der Waals surface area contributed by atoms with Crippen molar-refractivity contribution in [2.24, 2.45) is 5.16 Å². The predicted octanol–water partition coefficient (Wildman–Crippen LogP) is 0.944. The summed E-state index contributed by atoms with van der Waals surface area (Å²) in [6, 6.07) is 2.59. The van der Waals surface area contributed by atoms with Crippen molar-refractivity contribution in [3.8, 4) is 0 Å². The Bertz CT molecular complexity index is 622. The fraction of sp³-hybridized carbons (Fsp3) is 0.364. The molecule has 1 heterocycles. The fourth-order valence-electron chi connectivity index (χ4n) is 1.31. The number of hydrogen-bond acceptors (Lipinski definition) is 6. The number of carbonyl (C=O) groups is 1. The molecule has 0 radical (unpaired) electrons. The van der Waals surface area contributed by atoms with Crippen LogP contribution in [0.1, 0.15) is 30.0 Å². The molecular formula is C11H14N2O5S. The number of aromatic carboxylic acids is 1. The summed E-state index contributed by atoms with van der Waals surface area (Å²) >= 11 is 0. The van der Waals surface area contributed by atoms with Crippen molar-refractivity contribution >= 4 is 21.5 Å². The molecule has 1 rings (SSSR count). The molecule has 0 fully saturated rings. The van der Waals surface area contributed by atoms with Gasteiger partial charge in [-0.25, -0.2) is 18.2 Å².